The van der Waals surface area contributed by atoms with Crippen molar-refractivity contribution in [3.05, 3.63) is 53.7 Å². The first kappa shape index (κ1) is 14.9. The molecule has 2 N–H and O–H groups in total. The van der Waals surface area contributed by atoms with Gasteiger partial charge in [0.05, 0.1) is 0 Å². The minimum atomic E-state index is -0.368. The number of hydrogen-bond acceptors (Lipinski definition) is 4. The second-order valence-corrected chi connectivity index (χ2v) is 4.86. The van der Waals surface area contributed by atoms with Gasteiger partial charge in [0.1, 0.15) is 23.7 Å². The van der Waals surface area contributed by atoms with Crippen LogP contribution in [0.3, 0.4) is 0 Å². The monoisotopic (exact) mass is 288 g/mol. The molecule has 21 heavy (non-hydrogen) atoms. The predicted octanol–water partition coefficient (Wildman–Crippen LogP) is 2.37. The van der Waals surface area contributed by atoms with E-state index in [1.165, 1.54) is 12.4 Å². The minimum Gasteiger partial charge on any atom is -0.368 e. The maximum Gasteiger partial charge on any atom is 0.270 e. The molecule has 0 bridgehead atoms. The Kier molecular flexibility index (Phi) is 4.81. The molecule has 0 fully saturated rings. The summed E-state index contributed by atoms with van der Waals surface area (Å²) in [6, 6.07) is 8.08. The van der Waals surface area contributed by atoms with E-state index in [0.717, 1.165) is 0 Å². The first-order valence-corrected chi connectivity index (χ1v) is 6.66. The Morgan fingerprint density at radius 1 is 1.29 bits per heavy atom. The molecule has 2 rings (SSSR count). The molecule has 2 aromatic rings. The summed E-state index contributed by atoms with van der Waals surface area (Å²) >= 11 is 0. The topological polar surface area (TPSA) is 66.9 Å². The number of nitrogens with one attached hydrogen (secondary N) is 2. The summed E-state index contributed by atoms with van der Waals surface area (Å²) in [6.07, 6.45) is 1.32. The largest absolute Gasteiger partial charge is 0.368 e. The Labute approximate surface area is 122 Å². The number of nitrogens with zero attached hydrogens (tertiary/aromatic N) is 2. The molecule has 1 aromatic carbocycles. The molecule has 1 aromatic heterocycles. The highest BCUT2D eigenvalue weighted by atomic mass is 19.1. The molecule has 0 atom stereocenters. The number of carbonyl (C=O) groups is 1. The number of halogens is 1. The van der Waals surface area contributed by atoms with Gasteiger partial charge >= 0.3 is 0 Å². The summed E-state index contributed by atoms with van der Waals surface area (Å²) in [4.78, 5) is 20.0. The van der Waals surface area contributed by atoms with E-state index in [1.54, 1.807) is 24.3 Å². The number of rotatable bonds is 5. The number of amides is 1. The standard InChI is InChI=1S/C15H17FN4O/c1-10(2)20-14-7-13(18-9-19-14)15(21)17-8-11-5-3-4-6-12(11)16/h3-7,9-10H,8H2,1-2H3,(H,17,21)(H,18,19,20). The van der Waals surface area contributed by atoms with E-state index >= 15 is 0 Å². The number of benzene rings is 1. The maximum absolute atomic E-state index is 13.5. The molecule has 0 saturated carbocycles. The van der Waals surface area contributed by atoms with Gasteiger partial charge in [0, 0.05) is 24.2 Å². The number of carbonyl (C=O) groups excluding carboxylic acids is 1. The van der Waals surface area contributed by atoms with E-state index in [9.17, 15) is 9.18 Å². The zero-order valence-electron chi connectivity index (χ0n) is 11.9. The van der Waals surface area contributed by atoms with Gasteiger partial charge in [0.25, 0.3) is 5.91 Å². The van der Waals surface area contributed by atoms with Crippen molar-refractivity contribution >= 4 is 11.7 Å². The van der Waals surface area contributed by atoms with Gasteiger partial charge in [-0.1, -0.05) is 18.2 Å². The second-order valence-electron chi connectivity index (χ2n) is 4.86. The lowest BCUT2D eigenvalue weighted by molar-refractivity contribution is 0.0945. The van der Waals surface area contributed by atoms with E-state index in [4.69, 9.17) is 0 Å². The SMILES string of the molecule is CC(C)Nc1cc(C(=O)NCc2ccccc2F)ncn1. The van der Waals surface area contributed by atoms with Crippen LogP contribution in [0.25, 0.3) is 0 Å². The highest BCUT2D eigenvalue weighted by Crippen LogP contribution is 2.08. The number of aromatic nitrogens is 2. The van der Waals surface area contributed by atoms with E-state index in [1.807, 2.05) is 13.8 Å². The maximum atomic E-state index is 13.5. The van der Waals surface area contributed by atoms with E-state index in [0.29, 0.717) is 11.4 Å². The van der Waals surface area contributed by atoms with Crippen LogP contribution < -0.4 is 10.6 Å². The third-order valence-electron chi connectivity index (χ3n) is 2.73. The van der Waals surface area contributed by atoms with E-state index in [-0.39, 0.29) is 30.0 Å². The van der Waals surface area contributed by atoms with Crippen LogP contribution in [-0.2, 0) is 6.54 Å². The Balaban J connectivity index is 2.02. The molecule has 1 amide bonds. The van der Waals surface area contributed by atoms with Crippen molar-refractivity contribution in [3.63, 3.8) is 0 Å². The summed E-state index contributed by atoms with van der Waals surface area (Å²) in [6.45, 7) is 4.06. The van der Waals surface area contributed by atoms with Gasteiger partial charge in [-0.25, -0.2) is 14.4 Å². The Hall–Kier alpha value is -2.50. The fourth-order valence-electron chi connectivity index (χ4n) is 1.76. The molecule has 0 aliphatic rings. The molecular weight excluding hydrogens is 271 g/mol. The summed E-state index contributed by atoms with van der Waals surface area (Å²) in [5, 5.41) is 5.73. The number of hydrogen-bond donors (Lipinski definition) is 2. The molecule has 0 aliphatic carbocycles. The van der Waals surface area contributed by atoms with Crippen LogP contribution in [0.15, 0.2) is 36.7 Å². The second kappa shape index (κ2) is 6.78. The molecule has 0 radical (unpaired) electrons. The fourth-order valence-corrected chi connectivity index (χ4v) is 1.76. The van der Waals surface area contributed by atoms with Crippen LogP contribution in [0.1, 0.15) is 29.9 Å². The average molecular weight is 288 g/mol. The highest BCUT2D eigenvalue weighted by Gasteiger charge is 2.10. The van der Waals surface area contributed by atoms with Crippen molar-refractivity contribution in [2.24, 2.45) is 0 Å². The highest BCUT2D eigenvalue weighted by molar-refractivity contribution is 5.92. The van der Waals surface area contributed by atoms with E-state index < -0.39 is 0 Å². The molecule has 1 heterocycles. The summed E-state index contributed by atoms with van der Waals surface area (Å²) in [7, 11) is 0. The van der Waals surface area contributed by atoms with Gasteiger partial charge in [-0.2, -0.15) is 0 Å². The van der Waals surface area contributed by atoms with Gasteiger partial charge in [-0.05, 0) is 19.9 Å². The third-order valence-corrected chi connectivity index (χ3v) is 2.73. The van der Waals surface area contributed by atoms with Crippen molar-refractivity contribution in [1.29, 1.82) is 0 Å². The fraction of sp³-hybridized carbons (Fsp3) is 0.267. The lowest BCUT2D eigenvalue weighted by atomic mass is 10.2. The van der Waals surface area contributed by atoms with Crippen LogP contribution in [0.5, 0.6) is 0 Å². The molecule has 110 valence electrons. The van der Waals surface area contributed by atoms with Crippen molar-refractivity contribution in [1.82, 2.24) is 15.3 Å². The van der Waals surface area contributed by atoms with Crippen LogP contribution in [0.2, 0.25) is 0 Å². The Morgan fingerprint density at radius 3 is 2.76 bits per heavy atom. The molecule has 0 saturated heterocycles. The molecule has 0 spiro atoms. The molecule has 5 nitrogen and oxygen atoms in total. The van der Waals surface area contributed by atoms with E-state index in [2.05, 4.69) is 20.6 Å². The van der Waals surface area contributed by atoms with Crippen LogP contribution in [0, 0.1) is 5.82 Å². The Morgan fingerprint density at radius 2 is 2.05 bits per heavy atom. The zero-order valence-corrected chi connectivity index (χ0v) is 11.9. The smallest absolute Gasteiger partial charge is 0.270 e. The summed E-state index contributed by atoms with van der Waals surface area (Å²) in [5.74, 6) is -0.133. The minimum absolute atomic E-state index is 0.114. The first-order valence-electron chi connectivity index (χ1n) is 6.66. The van der Waals surface area contributed by atoms with Crippen molar-refractivity contribution in [2.45, 2.75) is 26.4 Å². The van der Waals surface area contributed by atoms with Gasteiger partial charge in [0.15, 0.2) is 0 Å². The van der Waals surface area contributed by atoms with Crippen molar-refractivity contribution < 1.29 is 9.18 Å². The molecule has 0 unspecified atom stereocenters. The summed E-state index contributed by atoms with van der Waals surface area (Å²) in [5.41, 5.74) is 0.671. The molecule has 6 heteroatoms. The van der Waals surface area contributed by atoms with Gasteiger partial charge in [0.2, 0.25) is 0 Å². The lowest BCUT2D eigenvalue weighted by Crippen LogP contribution is -2.24. The average Bonchev–Trinajstić information content (AvgIpc) is 2.45. The van der Waals surface area contributed by atoms with Gasteiger partial charge < -0.3 is 10.6 Å². The summed E-state index contributed by atoms with van der Waals surface area (Å²) < 4.78 is 13.5. The Bertz CT molecular complexity index is 631. The van der Waals surface area contributed by atoms with Gasteiger partial charge in [-0.15, -0.1) is 0 Å². The predicted molar refractivity (Wildman–Crippen MR) is 78.4 cm³/mol. The van der Waals surface area contributed by atoms with Crippen LogP contribution in [0.4, 0.5) is 10.2 Å². The molecular formula is C15H17FN4O. The van der Waals surface area contributed by atoms with Crippen molar-refractivity contribution in [2.75, 3.05) is 5.32 Å². The van der Waals surface area contributed by atoms with Crippen LogP contribution in [-0.4, -0.2) is 21.9 Å². The van der Waals surface area contributed by atoms with Gasteiger partial charge in [-0.3, -0.25) is 4.79 Å². The number of anilines is 1. The third kappa shape index (κ3) is 4.24. The first-order chi connectivity index (χ1) is 10.1. The molecule has 0 aliphatic heterocycles. The zero-order chi connectivity index (χ0) is 15.2. The quantitative estimate of drug-likeness (QED) is 0.886. The normalized spacial score (nSPS) is 10.5. The lowest BCUT2D eigenvalue weighted by Gasteiger charge is -2.10. The van der Waals surface area contributed by atoms with Crippen molar-refractivity contribution in [3.8, 4) is 0 Å². The van der Waals surface area contributed by atoms with Crippen LogP contribution >= 0.6 is 0 Å².